The summed E-state index contributed by atoms with van der Waals surface area (Å²) in [4.78, 5) is 13.2. The van der Waals surface area contributed by atoms with Crippen molar-refractivity contribution in [1.29, 1.82) is 0 Å². The first-order valence-corrected chi connectivity index (χ1v) is 12.3. The smallest absolute Gasteiger partial charge is 0.259 e. The average Bonchev–Trinajstić information content (AvgIpc) is 2.98. The molecule has 1 amide bonds. The molecule has 1 fully saturated rings. The van der Waals surface area contributed by atoms with E-state index >= 15 is 0 Å². The molecule has 8 heteroatoms. The zero-order valence-electron chi connectivity index (χ0n) is 18.4. The van der Waals surface area contributed by atoms with Gasteiger partial charge in [0.2, 0.25) is 10.0 Å². The fourth-order valence-corrected chi connectivity index (χ4v) is 5.81. The normalized spacial score (nSPS) is 15.3. The van der Waals surface area contributed by atoms with Crippen molar-refractivity contribution in [2.75, 3.05) is 18.4 Å². The molecule has 32 heavy (non-hydrogen) atoms. The molecule has 0 radical (unpaired) electrons. The number of amides is 1. The molecule has 0 aliphatic carbocycles. The third-order valence-corrected chi connectivity index (χ3v) is 7.92. The largest absolute Gasteiger partial charge is 0.322 e. The van der Waals surface area contributed by atoms with Crippen LogP contribution in [0.2, 0.25) is 0 Å². The van der Waals surface area contributed by atoms with E-state index in [1.54, 1.807) is 34.1 Å². The minimum Gasteiger partial charge on any atom is -0.322 e. The third-order valence-electron chi connectivity index (χ3n) is 5.88. The van der Waals surface area contributed by atoms with Gasteiger partial charge in [0.05, 0.1) is 28.0 Å². The Kier molecular flexibility index (Phi) is 6.43. The highest BCUT2D eigenvalue weighted by molar-refractivity contribution is 7.89. The Balaban J connectivity index is 1.58. The van der Waals surface area contributed by atoms with Crippen molar-refractivity contribution in [2.45, 2.75) is 44.4 Å². The molecular weight excluding hydrogens is 424 g/mol. The van der Waals surface area contributed by atoms with Crippen molar-refractivity contribution in [3.63, 3.8) is 0 Å². The lowest BCUT2D eigenvalue weighted by molar-refractivity contribution is 0.102. The number of aryl methyl sites for hydroxylation is 1. The second-order valence-electron chi connectivity index (χ2n) is 8.14. The number of anilines is 1. The highest BCUT2D eigenvalue weighted by Gasteiger charge is 2.27. The molecule has 7 nitrogen and oxygen atoms in total. The molecule has 2 aromatic carbocycles. The summed E-state index contributed by atoms with van der Waals surface area (Å²) in [5, 5.41) is 7.19. The number of sulfonamides is 1. The Morgan fingerprint density at radius 1 is 0.969 bits per heavy atom. The predicted molar refractivity (Wildman–Crippen MR) is 125 cm³/mol. The van der Waals surface area contributed by atoms with Gasteiger partial charge in [0.15, 0.2) is 0 Å². The zero-order chi connectivity index (χ0) is 22.7. The van der Waals surface area contributed by atoms with Crippen LogP contribution in [0.1, 0.15) is 47.3 Å². The standard InChI is InChI=1S/C24H28N4O3S/c1-18-12-13-20(16-23(18)32(30,31)27-14-8-3-4-9-15-27)26-24(29)22-17-25-28(19(22)2)21-10-6-5-7-11-21/h5-7,10-13,16-17H,3-4,8-9,14-15H2,1-2H3,(H,26,29). The van der Waals surface area contributed by atoms with Crippen molar-refractivity contribution in [3.8, 4) is 5.69 Å². The zero-order valence-corrected chi connectivity index (χ0v) is 19.2. The van der Waals surface area contributed by atoms with E-state index in [0.717, 1.165) is 31.4 Å². The van der Waals surface area contributed by atoms with Gasteiger partial charge in [-0.1, -0.05) is 37.1 Å². The lowest BCUT2D eigenvalue weighted by atomic mass is 10.2. The van der Waals surface area contributed by atoms with E-state index in [1.807, 2.05) is 37.3 Å². The van der Waals surface area contributed by atoms with Gasteiger partial charge < -0.3 is 5.32 Å². The maximum atomic E-state index is 13.3. The van der Waals surface area contributed by atoms with E-state index in [0.29, 0.717) is 35.6 Å². The van der Waals surface area contributed by atoms with Crippen molar-refractivity contribution < 1.29 is 13.2 Å². The van der Waals surface area contributed by atoms with E-state index in [1.165, 1.54) is 6.20 Å². The molecule has 4 rings (SSSR count). The minimum absolute atomic E-state index is 0.244. The number of carbonyl (C=O) groups is 1. The summed E-state index contributed by atoms with van der Waals surface area (Å²) in [7, 11) is -3.61. The molecule has 0 bridgehead atoms. The van der Waals surface area contributed by atoms with Crippen LogP contribution in [0.3, 0.4) is 0 Å². The second kappa shape index (κ2) is 9.26. The lowest BCUT2D eigenvalue weighted by Crippen LogP contribution is -2.32. The maximum absolute atomic E-state index is 13.3. The van der Waals surface area contributed by atoms with Crippen LogP contribution in [0.5, 0.6) is 0 Å². The van der Waals surface area contributed by atoms with Crippen LogP contribution in [0.4, 0.5) is 5.69 Å². The number of aromatic nitrogens is 2. The van der Waals surface area contributed by atoms with Gasteiger partial charge in [0.25, 0.3) is 5.91 Å². The van der Waals surface area contributed by atoms with Gasteiger partial charge in [-0.2, -0.15) is 9.40 Å². The van der Waals surface area contributed by atoms with Crippen molar-refractivity contribution in [2.24, 2.45) is 0 Å². The Bertz CT molecular complexity index is 1210. The Morgan fingerprint density at radius 2 is 1.66 bits per heavy atom. The van der Waals surface area contributed by atoms with E-state index in [9.17, 15) is 13.2 Å². The number of nitrogens with zero attached hydrogens (tertiary/aromatic N) is 3. The number of para-hydroxylation sites is 1. The monoisotopic (exact) mass is 452 g/mol. The summed E-state index contributed by atoms with van der Waals surface area (Å²) in [6.07, 6.45) is 5.38. The molecule has 1 aliphatic rings. The summed E-state index contributed by atoms with van der Waals surface area (Å²) >= 11 is 0. The van der Waals surface area contributed by atoms with Crippen molar-refractivity contribution in [3.05, 3.63) is 71.5 Å². The number of benzene rings is 2. The van der Waals surface area contributed by atoms with Crippen molar-refractivity contribution >= 4 is 21.6 Å². The molecule has 1 N–H and O–H groups in total. The first kappa shape index (κ1) is 22.2. The van der Waals surface area contributed by atoms with Crippen molar-refractivity contribution in [1.82, 2.24) is 14.1 Å². The lowest BCUT2D eigenvalue weighted by Gasteiger charge is -2.21. The summed E-state index contributed by atoms with van der Waals surface area (Å²) in [6, 6.07) is 14.6. The van der Waals surface area contributed by atoms with Gasteiger partial charge in [-0.15, -0.1) is 0 Å². The molecule has 2 heterocycles. The van der Waals surface area contributed by atoms with Crippen LogP contribution < -0.4 is 5.32 Å². The molecule has 3 aromatic rings. The van der Waals surface area contributed by atoms with Gasteiger partial charge >= 0.3 is 0 Å². The fourth-order valence-electron chi connectivity index (χ4n) is 4.04. The maximum Gasteiger partial charge on any atom is 0.259 e. The summed E-state index contributed by atoms with van der Waals surface area (Å²) in [6.45, 7) is 4.69. The number of rotatable bonds is 5. The Morgan fingerprint density at radius 3 is 2.34 bits per heavy atom. The van der Waals surface area contributed by atoms with E-state index in [-0.39, 0.29) is 10.8 Å². The Hall–Kier alpha value is -2.97. The van der Waals surface area contributed by atoms with Gasteiger partial charge in [-0.3, -0.25) is 4.79 Å². The van der Waals surface area contributed by atoms with Gasteiger partial charge in [-0.05, 0) is 56.5 Å². The first-order chi connectivity index (χ1) is 15.4. The van der Waals surface area contributed by atoms with Gasteiger partial charge in [0, 0.05) is 18.8 Å². The number of carbonyl (C=O) groups excluding carboxylic acids is 1. The first-order valence-electron chi connectivity index (χ1n) is 10.9. The predicted octanol–water partition coefficient (Wildman–Crippen LogP) is 4.31. The van der Waals surface area contributed by atoms with Crippen LogP contribution in [-0.2, 0) is 10.0 Å². The number of hydrogen-bond acceptors (Lipinski definition) is 4. The fraction of sp³-hybridized carbons (Fsp3) is 0.333. The summed E-state index contributed by atoms with van der Waals surface area (Å²) < 4.78 is 29.8. The van der Waals surface area contributed by atoms with E-state index < -0.39 is 10.0 Å². The molecular formula is C24H28N4O3S. The molecule has 0 unspecified atom stereocenters. The molecule has 1 saturated heterocycles. The Labute approximate surface area is 189 Å². The van der Waals surface area contributed by atoms with Crippen LogP contribution in [0.25, 0.3) is 5.69 Å². The van der Waals surface area contributed by atoms with Gasteiger partial charge in [0.1, 0.15) is 0 Å². The molecule has 168 valence electrons. The number of hydrogen-bond donors (Lipinski definition) is 1. The SMILES string of the molecule is Cc1ccc(NC(=O)c2cnn(-c3ccccc3)c2C)cc1S(=O)(=O)N1CCCCCC1. The summed E-state index contributed by atoms with van der Waals surface area (Å²) in [5.41, 5.74) is 3.12. The average molecular weight is 453 g/mol. The van der Waals surface area contributed by atoms with E-state index in [2.05, 4.69) is 10.4 Å². The van der Waals surface area contributed by atoms with Gasteiger partial charge in [-0.25, -0.2) is 13.1 Å². The number of nitrogens with one attached hydrogen (secondary N) is 1. The van der Waals surface area contributed by atoms with Crippen LogP contribution in [0, 0.1) is 13.8 Å². The van der Waals surface area contributed by atoms with Crippen LogP contribution in [-0.4, -0.2) is 41.5 Å². The highest BCUT2D eigenvalue weighted by atomic mass is 32.2. The van der Waals surface area contributed by atoms with Crippen LogP contribution >= 0.6 is 0 Å². The molecule has 1 aliphatic heterocycles. The molecule has 1 aromatic heterocycles. The molecule has 0 spiro atoms. The molecule has 0 saturated carbocycles. The second-order valence-corrected chi connectivity index (χ2v) is 10.1. The summed E-state index contributed by atoms with van der Waals surface area (Å²) in [5.74, 6) is -0.327. The third kappa shape index (κ3) is 4.47. The topological polar surface area (TPSA) is 84.3 Å². The quantitative estimate of drug-likeness (QED) is 0.625. The minimum atomic E-state index is -3.61. The van der Waals surface area contributed by atoms with E-state index in [4.69, 9.17) is 0 Å². The highest BCUT2D eigenvalue weighted by Crippen LogP contribution is 2.26. The van der Waals surface area contributed by atoms with Crippen LogP contribution in [0.15, 0.2) is 59.6 Å². The molecule has 0 atom stereocenters.